The summed E-state index contributed by atoms with van der Waals surface area (Å²) in [6.07, 6.45) is 2.74. The van der Waals surface area contributed by atoms with Crippen LogP contribution in [0.15, 0.2) is 12.5 Å². The Morgan fingerprint density at radius 2 is 1.62 bits per heavy atom. The molecule has 0 aromatic heterocycles. The summed E-state index contributed by atoms with van der Waals surface area (Å²) in [5.74, 6) is 0. The molecule has 0 amide bonds. The topological polar surface area (TPSA) is 20.2 Å². The van der Waals surface area contributed by atoms with Gasteiger partial charge in [0.25, 0.3) is 0 Å². The van der Waals surface area contributed by atoms with E-state index in [2.05, 4.69) is 0 Å². The van der Waals surface area contributed by atoms with Crippen molar-refractivity contribution in [2.75, 3.05) is 21.1 Å². The smallest absolute Gasteiger partial charge is 0.132 e. The third-order valence-electron chi connectivity index (χ3n) is 0.514. The van der Waals surface area contributed by atoms with E-state index >= 15 is 0 Å². The van der Waals surface area contributed by atoms with Crippen LogP contribution in [0.25, 0.3) is 0 Å². The van der Waals surface area contributed by atoms with Crippen molar-refractivity contribution in [1.29, 1.82) is 0 Å². The van der Waals surface area contributed by atoms with Crippen LogP contribution in [0.2, 0.25) is 0 Å². The molecule has 3 heteroatoms. The van der Waals surface area contributed by atoms with Gasteiger partial charge in [-0.2, -0.15) is 0 Å². The Morgan fingerprint density at radius 1 is 1.25 bits per heavy atom. The highest BCUT2D eigenvalue weighted by Gasteiger charge is 1.96. The molecule has 0 saturated heterocycles. The third kappa shape index (κ3) is 9.25. The Hall–Kier alpha value is -0.210. The second-order valence-electron chi connectivity index (χ2n) is 2.41. The molecule has 0 aliphatic rings. The zero-order chi connectivity index (χ0) is 5.91. The highest BCUT2D eigenvalue weighted by Crippen LogP contribution is 1.87. The molecule has 1 N–H and O–H groups in total. The third-order valence-corrected chi connectivity index (χ3v) is 0.514. The van der Waals surface area contributed by atoms with Crippen molar-refractivity contribution in [2.45, 2.75) is 0 Å². The van der Waals surface area contributed by atoms with E-state index in [-0.39, 0.29) is 12.4 Å². The Balaban J connectivity index is 0. The normalized spacial score (nSPS) is 11.4. The molecular weight excluding hydrogens is 126 g/mol. The zero-order valence-electron chi connectivity index (χ0n) is 5.43. The Labute approximate surface area is 56.4 Å². The lowest BCUT2D eigenvalue weighted by atomic mass is 10.7. The number of hydrogen-bond donors (Lipinski definition) is 1. The van der Waals surface area contributed by atoms with Crippen LogP contribution in [0.5, 0.6) is 0 Å². The fourth-order valence-electron chi connectivity index (χ4n) is 0.200. The molecule has 0 radical (unpaired) electrons. The first-order valence-electron chi connectivity index (χ1n) is 2.19. The van der Waals surface area contributed by atoms with Gasteiger partial charge in [0.05, 0.1) is 21.1 Å². The molecule has 0 rings (SSSR count). The van der Waals surface area contributed by atoms with Crippen LogP contribution < -0.4 is 12.4 Å². The Morgan fingerprint density at radius 3 is 1.62 bits per heavy atom. The molecule has 0 heterocycles. The summed E-state index contributed by atoms with van der Waals surface area (Å²) in [5.41, 5.74) is 0. The average molecular weight is 138 g/mol. The van der Waals surface area contributed by atoms with Crippen molar-refractivity contribution < 1.29 is 22.0 Å². The zero-order valence-corrected chi connectivity index (χ0v) is 6.18. The van der Waals surface area contributed by atoms with E-state index in [0.29, 0.717) is 4.48 Å². The molecular formula is C5H12ClNO. The monoisotopic (exact) mass is 137 g/mol. The number of rotatable bonds is 1. The van der Waals surface area contributed by atoms with Crippen LogP contribution in [0, 0.1) is 0 Å². The van der Waals surface area contributed by atoms with Gasteiger partial charge in [0, 0.05) is 0 Å². The molecule has 0 saturated carbocycles. The summed E-state index contributed by atoms with van der Waals surface area (Å²) < 4.78 is 0.663. The largest absolute Gasteiger partial charge is 1.00 e. The quantitative estimate of drug-likeness (QED) is 0.319. The average Bonchev–Trinajstić information content (AvgIpc) is 1.30. The lowest BCUT2D eigenvalue weighted by Crippen LogP contribution is -3.00. The number of hydrogen-bond acceptors (Lipinski definition) is 1. The van der Waals surface area contributed by atoms with Gasteiger partial charge in [-0.3, -0.25) is 0 Å². The molecule has 0 aliphatic heterocycles. The molecule has 0 spiro atoms. The van der Waals surface area contributed by atoms with Crippen molar-refractivity contribution in [3.05, 3.63) is 12.5 Å². The Kier molecular flexibility index (Phi) is 5.02. The van der Waals surface area contributed by atoms with Gasteiger partial charge in [0.1, 0.15) is 12.5 Å². The van der Waals surface area contributed by atoms with E-state index < -0.39 is 0 Å². The van der Waals surface area contributed by atoms with Crippen LogP contribution in [0.3, 0.4) is 0 Å². The molecule has 50 valence electrons. The van der Waals surface area contributed by atoms with Crippen molar-refractivity contribution >= 4 is 0 Å². The summed E-state index contributed by atoms with van der Waals surface area (Å²) in [6, 6.07) is 0. The molecule has 0 fully saturated rings. The highest BCUT2D eigenvalue weighted by molar-refractivity contribution is 4.55. The lowest BCUT2D eigenvalue weighted by Gasteiger charge is -2.15. The maximum absolute atomic E-state index is 8.21. The van der Waals surface area contributed by atoms with Gasteiger partial charge >= 0.3 is 0 Å². The molecule has 0 unspecified atom stereocenters. The number of nitrogens with zero attached hydrogens (tertiary/aromatic N) is 1. The summed E-state index contributed by atoms with van der Waals surface area (Å²) in [5, 5.41) is 8.21. The maximum atomic E-state index is 8.21. The van der Waals surface area contributed by atoms with Crippen LogP contribution in [-0.2, 0) is 0 Å². The van der Waals surface area contributed by atoms with Crippen molar-refractivity contribution in [1.82, 2.24) is 0 Å². The number of aliphatic hydroxyl groups is 1. The number of quaternary nitrogens is 1. The summed E-state index contributed by atoms with van der Waals surface area (Å²) in [7, 11) is 5.90. The van der Waals surface area contributed by atoms with E-state index in [9.17, 15) is 0 Å². The predicted octanol–water partition coefficient (Wildman–Crippen LogP) is -2.27. The first kappa shape index (κ1) is 10.7. The van der Waals surface area contributed by atoms with E-state index in [0.717, 1.165) is 6.26 Å². The summed E-state index contributed by atoms with van der Waals surface area (Å²) in [6.45, 7) is 0. The Bertz CT molecular complexity index is 75.0. The van der Waals surface area contributed by atoms with Crippen molar-refractivity contribution in [2.24, 2.45) is 0 Å². The van der Waals surface area contributed by atoms with Gasteiger partial charge in [0.2, 0.25) is 0 Å². The predicted molar refractivity (Wildman–Crippen MR) is 29.8 cm³/mol. The summed E-state index contributed by atoms with van der Waals surface area (Å²) in [4.78, 5) is 0. The summed E-state index contributed by atoms with van der Waals surface area (Å²) >= 11 is 0. The van der Waals surface area contributed by atoms with E-state index in [1.54, 1.807) is 6.20 Å². The van der Waals surface area contributed by atoms with Gasteiger partial charge in [-0.1, -0.05) is 0 Å². The molecule has 0 aromatic rings. The lowest BCUT2D eigenvalue weighted by molar-refractivity contribution is -0.817. The minimum Gasteiger partial charge on any atom is -1.00 e. The van der Waals surface area contributed by atoms with Crippen LogP contribution in [0.1, 0.15) is 0 Å². The first-order valence-corrected chi connectivity index (χ1v) is 2.19. The number of halogens is 1. The van der Waals surface area contributed by atoms with Crippen molar-refractivity contribution in [3.8, 4) is 0 Å². The van der Waals surface area contributed by atoms with Crippen molar-refractivity contribution in [3.63, 3.8) is 0 Å². The fraction of sp³-hybridized carbons (Fsp3) is 0.600. The molecule has 0 aromatic carbocycles. The van der Waals surface area contributed by atoms with E-state index in [1.807, 2.05) is 21.1 Å². The molecule has 8 heavy (non-hydrogen) atoms. The minimum atomic E-state index is 0. The van der Waals surface area contributed by atoms with Gasteiger partial charge in [-0.15, -0.1) is 0 Å². The van der Waals surface area contributed by atoms with Gasteiger partial charge < -0.3 is 22.0 Å². The maximum Gasteiger partial charge on any atom is 0.132 e. The van der Waals surface area contributed by atoms with Crippen LogP contribution in [-0.4, -0.2) is 30.7 Å². The minimum absolute atomic E-state index is 0. The van der Waals surface area contributed by atoms with Gasteiger partial charge in [-0.25, -0.2) is 0 Å². The van der Waals surface area contributed by atoms with E-state index in [4.69, 9.17) is 5.11 Å². The van der Waals surface area contributed by atoms with Crippen LogP contribution in [0.4, 0.5) is 0 Å². The molecule has 0 atom stereocenters. The standard InChI is InChI=1S/C5H11NO.ClH/c1-6(2,3)4-5-7;/h4-5H,1-3H3;1H. The SMILES string of the molecule is C[N+](C)(C)C=CO.[Cl-]. The van der Waals surface area contributed by atoms with Crippen LogP contribution >= 0.6 is 0 Å². The number of aliphatic hydroxyl groups excluding tert-OH is 1. The second kappa shape index (κ2) is 3.75. The van der Waals surface area contributed by atoms with Gasteiger partial charge in [0.15, 0.2) is 0 Å². The highest BCUT2D eigenvalue weighted by atomic mass is 35.5. The van der Waals surface area contributed by atoms with Gasteiger partial charge in [-0.05, 0) is 0 Å². The molecule has 0 bridgehead atoms. The van der Waals surface area contributed by atoms with E-state index in [1.165, 1.54) is 0 Å². The molecule has 0 aliphatic carbocycles. The fourth-order valence-corrected chi connectivity index (χ4v) is 0.200. The second-order valence-corrected chi connectivity index (χ2v) is 2.41. The molecule has 2 nitrogen and oxygen atoms in total. The first-order chi connectivity index (χ1) is 3.06.